The second-order valence-corrected chi connectivity index (χ2v) is 3.18. The minimum absolute atomic E-state index is 0.0174. The Bertz CT molecular complexity index is 393. The summed E-state index contributed by atoms with van der Waals surface area (Å²) < 4.78 is 9.80. The van der Waals surface area contributed by atoms with Gasteiger partial charge in [0.2, 0.25) is 11.2 Å². The van der Waals surface area contributed by atoms with Crippen LogP contribution in [0.5, 0.6) is 0 Å². The number of aliphatic hydroxyl groups is 2. The summed E-state index contributed by atoms with van der Waals surface area (Å²) >= 11 is 0. The third-order valence-corrected chi connectivity index (χ3v) is 2.48. The van der Waals surface area contributed by atoms with Gasteiger partial charge in [-0.3, -0.25) is 0 Å². The summed E-state index contributed by atoms with van der Waals surface area (Å²) in [7, 11) is 2.63. The largest absolute Gasteiger partial charge is 0.497 e. The molecule has 0 aromatic carbocycles. The lowest BCUT2D eigenvalue weighted by molar-refractivity contribution is -0.0840. The van der Waals surface area contributed by atoms with Crippen LogP contribution in [0.15, 0.2) is 23.7 Å². The lowest BCUT2D eigenvalue weighted by Gasteiger charge is -2.39. The SMILES string of the molecule is C#C[C@@]1(O)C(OC)=CC=C(OC)[C@]1(O)C#C. The zero-order valence-electron chi connectivity index (χ0n) is 9.02. The Balaban J connectivity index is 3.47. The van der Waals surface area contributed by atoms with Crippen molar-refractivity contribution in [1.82, 2.24) is 0 Å². The Morgan fingerprint density at radius 2 is 1.31 bits per heavy atom. The monoisotopic (exact) mass is 220 g/mol. The number of hydrogen-bond donors (Lipinski definition) is 2. The van der Waals surface area contributed by atoms with E-state index in [-0.39, 0.29) is 11.5 Å². The summed E-state index contributed by atoms with van der Waals surface area (Å²) in [6, 6.07) is 0. The van der Waals surface area contributed by atoms with E-state index in [1.54, 1.807) is 0 Å². The van der Waals surface area contributed by atoms with Crippen LogP contribution < -0.4 is 0 Å². The van der Waals surface area contributed by atoms with Gasteiger partial charge in [-0.1, -0.05) is 11.8 Å². The molecule has 0 aromatic heterocycles. The fourth-order valence-electron chi connectivity index (χ4n) is 1.53. The summed E-state index contributed by atoms with van der Waals surface area (Å²) in [5, 5.41) is 20.4. The second-order valence-electron chi connectivity index (χ2n) is 3.18. The standard InChI is InChI=1S/C12H12O4/c1-5-11(13)9(15-3)7-8-10(16-4)12(11,14)6-2/h1-2,7-8,13-14H,3-4H3/t11-,12-/m1/s1. The van der Waals surface area contributed by atoms with Crippen molar-refractivity contribution in [1.29, 1.82) is 0 Å². The highest BCUT2D eigenvalue weighted by molar-refractivity contribution is 5.50. The van der Waals surface area contributed by atoms with Crippen molar-refractivity contribution < 1.29 is 19.7 Å². The number of ether oxygens (including phenoxy) is 2. The van der Waals surface area contributed by atoms with E-state index in [0.717, 1.165) is 0 Å². The second kappa shape index (κ2) is 3.94. The van der Waals surface area contributed by atoms with Gasteiger partial charge in [0, 0.05) is 0 Å². The van der Waals surface area contributed by atoms with Gasteiger partial charge < -0.3 is 19.7 Å². The molecule has 1 aliphatic rings. The molecule has 0 fully saturated rings. The molecule has 0 spiro atoms. The average Bonchev–Trinajstić information content (AvgIpc) is 2.32. The molecule has 2 atom stereocenters. The Hall–Kier alpha value is -1.88. The van der Waals surface area contributed by atoms with Gasteiger partial charge in [0.1, 0.15) is 11.5 Å². The summed E-state index contributed by atoms with van der Waals surface area (Å²) in [5.74, 6) is 4.04. The topological polar surface area (TPSA) is 58.9 Å². The van der Waals surface area contributed by atoms with Crippen LogP contribution in [0, 0.1) is 24.7 Å². The molecule has 16 heavy (non-hydrogen) atoms. The van der Waals surface area contributed by atoms with E-state index in [9.17, 15) is 10.2 Å². The highest BCUT2D eigenvalue weighted by Gasteiger charge is 2.56. The predicted molar refractivity (Wildman–Crippen MR) is 57.7 cm³/mol. The van der Waals surface area contributed by atoms with Gasteiger partial charge in [0.25, 0.3) is 0 Å². The lowest BCUT2D eigenvalue weighted by Crippen LogP contribution is -2.57. The normalized spacial score (nSPS) is 32.9. The first-order chi connectivity index (χ1) is 7.50. The van der Waals surface area contributed by atoms with Crippen molar-refractivity contribution in [3.05, 3.63) is 23.7 Å². The Labute approximate surface area is 94.2 Å². The van der Waals surface area contributed by atoms with Crippen LogP contribution in [0.25, 0.3) is 0 Å². The van der Waals surface area contributed by atoms with E-state index < -0.39 is 11.2 Å². The van der Waals surface area contributed by atoms with Gasteiger partial charge in [0.15, 0.2) is 0 Å². The first-order valence-electron chi connectivity index (χ1n) is 4.41. The zero-order chi connectivity index (χ0) is 12.4. The molecule has 0 saturated heterocycles. The first-order valence-corrected chi connectivity index (χ1v) is 4.41. The highest BCUT2D eigenvalue weighted by Crippen LogP contribution is 2.38. The molecule has 0 aromatic rings. The third-order valence-electron chi connectivity index (χ3n) is 2.48. The van der Waals surface area contributed by atoms with E-state index in [0.29, 0.717) is 0 Å². The Morgan fingerprint density at radius 1 is 1.00 bits per heavy atom. The molecule has 4 heteroatoms. The van der Waals surface area contributed by atoms with E-state index in [4.69, 9.17) is 22.3 Å². The predicted octanol–water partition coefficient (Wildman–Crippen LogP) is -0.211. The van der Waals surface area contributed by atoms with Crippen molar-refractivity contribution in [3.8, 4) is 24.7 Å². The van der Waals surface area contributed by atoms with Crippen LogP contribution in [0.1, 0.15) is 0 Å². The molecular formula is C12H12O4. The average molecular weight is 220 g/mol. The van der Waals surface area contributed by atoms with Gasteiger partial charge in [-0.05, 0) is 12.2 Å². The fourth-order valence-corrected chi connectivity index (χ4v) is 1.53. The number of rotatable bonds is 2. The zero-order valence-corrected chi connectivity index (χ0v) is 9.02. The van der Waals surface area contributed by atoms with Crippen LogP contribution in [0.3, 0.4) is 0 Å². The van der Waals surface area contributed by atoms with E-state index in [2.05, 4.69) is 0 Å². The third kappa shape index (κ3) is 1.29. The van der Waals surface area contributed by atoms with Crippen molar-refractivity contribution in [3.63, 3.8) is 0 Å². The van der Waals surface area contributed by atoms with E-state index in [1.165, 1.54) is 26.4 Å². The van der Waals surface area contributed by atoms with Crippen LogP contribution in [0.4, 0.5) is 0 Å². The van der Waals surface area contributed by atoms with E-state index >= 15 is 0 Å². The highest BCUT2D eigenvalue weighted by atomic mass is 16.5. The quantitative estimate of drug-likeness (QED) is 0.632. The maximum atomic E-state index is 10.2. The number of allylic oxidation sites excluding steroid dienone is 2. The molecule has 0 aliphatic heterocycles. The number of methoxy groups -OCH3 is 2. The molecule has 0 saturated carbocycles. The maximum Gasteiger partial charge on any atom is 0.231 e. The molecule has 0 radical (unpaired) electrons. The van der Waals surface area contributed by atoms with Gasteiger partial charge in [-0.2, -0.15) is 0 Å². The molecule has 0 bridgehead atoms. The number of terminal acetylenes is 2. The van der Waals surface area contributed by atoms with Crippen molar-refractivity contribution >= 4 is 0 Å². The molecular weight excluding hydrogens is 208 g/mol. The van der Waals surface area contributed by atoms with Crippen molar-refractivity contribution in [2.45, 2.75) is 11.2 Å². The molecule has 0 unspecified atom stereocenters. The smallest absolute Gasteiger partial charge is 0.231 e. The van der Waals surface area contributed by atoms with Gasteiger partial charge in [-0.25, -0.2) is 0 Å². The lowest BCUT2D eigenvalue weighted by atomic mass is 9.77. The Kier molecular flexibility index (Phi) is 3.00. The first kappa shape index (κ1) is 12.2. The molecule has 1 aliphatic carbocycles. The molecule has 2 N–H and O–H groups in total. The summed E-state index contributed by atoms with van der Waals surface area (Å²) in [6.07, 6.45) is 13.2. The van der Waals surface area contributed by atoms with Crippen LogP contribution in [-0.4, -0.2) is 35.6 Å². The molecule has 1 rings (SSSR count). The van der Waals surface area contributed by atoms with Gasteiger partial charge >= 0.3 is 0 Å². The Morgan fingerprint density at radius 3 is 1.50 bits per heavy atom. The summed E-state index contributed by atoms with van der Waals surface area (Å²) in [6.45, 7) is 0. The van der Waals surface area contributed by atoms with Gasteiger partial charge in [0.05, 0.1) is 14.2 Å². The fraction of sp³-hybridized carbons (Fsp3) is 0.333. The molecule has 0 amide bonds. The van der Waals surface area contributed by atoms with E-state index in [1.807, 2.05) is 11.8 Å². The summed E-state index contributed by atoms with van der Waals surface area (Å²) in [5.41, 5.74) is -4.28. The van der Waals surface area contributed by atoms with Crippen LogP contribution in [0.2, 0.25) is 0 Å². The minimum atomic E-state index is -2.14. The minimum Gasteiger partial charge on any atom is -0.497 e. The number of hydrogen-bond acceptors (Lipinski definition) is 4. The molecule has 84 valence electrons. The van der Waals surface area contributed by atoms with Gasteiger partial charge in [-0.15, -0.1) is 12.8 Å². The maximum absolute atomic E-state index is 10.2. The van der Waals surface area contributed by atoms with Crippen molar-refractivity contribution in [2.75, 3.05) is 14.2 Å². The van der Waals surface area contributed by atoms with Crippen molar-refractivity contribution in [2.24, 2.45) is 0 Å². The van der Waals surface area contributed by atoms with Crippen LogP contribution in [-0.2, 0) is 9.47 Å². The molecule has 4 nitrogen and oxygen atoms in total. The van der Waals surface area contributed by atoms with Crippen LogP contribution >= 0.6 is 0 Å². The molecule has 0 heterocycles. The summed E-state index contributed by atoms with van der Waals surface area (Å²) in [4.78, 5) is 0.